The van der Waals surface area contributed by atoms with Crippen LogP contribution in [0.4, 0.5) is 11.5 Å². The minimum Gasteiger partial charge on any atom is -0.396 e. The van der Waals surface area contributed by atoms with Crippen LogP contribution in [0.15, 0.2) is 47.1 Å². The Bertz CT molecular complexity index is 533. The monoisotopic (exact) mass is 321 g/mol. The number of anilines is 2. The van der Waals surface area contributed by atoms with Crippen LogP contribution in [0.2, 0.25) is 0 Å². The second-order valence-electron chi connectivity index (χ2n) is 4.20. The number of nitrogens with zero attached hydrogens (tertiary/aromatic N) is 2. The van der Waals surface area contributed by atoms with Gasteiger partial charge in [0.25, 0.3) is 0 Å². The molecule has 0 unspecified atom stereocenters. The summed E-state index contributed by atoms with van der Waals surface area (Å²) in [5.74, 6) is 0.695. The maximum absolute atomic E-state index is 9.20. The van der Waals surface area contributed by atoms with Crippen LogP contribution in [0.5, 0.6) is 0 Å². The molecule has 1 aromatic heterocycles. The predicted octanol–water partition coefficient (Wildman–Crippen LogP) is 2.43. The standard InChI is InChI=1S/C14H16BrN3O/c15-12-8-13(16)14(17-9-12)18(6-7-19)10-11-4-2-1-3-5-11/h1-5,8-9,19H,6-7,10,16H2. The molecule has 2 rings (SSSR count). The molecule has 5 heteroatoms. The second-order valence-corrected chi connectivity index (χ2v) is 5.11. The van der Waals surface area contributed by atoms with E-state index in [1.54, 1.807) is 6.20 Å². The quantitative estimate of drug-likeness (QED) is 0.887. The van der Waals surface area contributed by atoms with Crippen molar-refractivity contribution in [1.82, 2.24) is 4.98 Å². The Morgan fingerprint density at radius 2 is 2.00 bits per heavy atom. The topological polar surface area (TPSA) is 62.4 Å². The van der Waals surface area contributed by atoms with E-state index in [0.29, 0.717) is 24.6 Å². The van der Waals surface area contributed by atoms with Crippen molar-refractivity contribution in [3.63, 3.8) is 0 Å². The molecular formula is C14H16BrN3O. The number of aromatic nitrogens is 1. The lowest BCUT2D eigenvalue weighted by Gasteiger charge is -2.24. The number of hydrogen-bond acceptors (Lipinski definition) is 4. The van der Waals surface area contributed by atoms with Gasteiger partial charge in [0.15, 0.2) is 5.82 Å². The third kappa shape index (κ3) is 3.68. The number of benzene rings is 1. The number of rotatable bonds is 5. The summed E-state index contributed by atoms with van der Waals surface area (Å²) in [6, 6.07) is 11.9. The van der Waals surface area contributed by atoms with Crippen LogP contribution in [0.1, 0.15) is 5.56 Å². The molecule has 1 aromatic carbocycles. The van der Waals surface area contributed by atoms with Gasteiger partial charge in [0.1, 0.15) is 0 Å². The summed E-state index contributed by atoms with van der Waals surface area (Å²) < 4.78 is 0.845. The summed E-state index contributed by atoms with van der Waals surface area (Å²) in [5.41, 5.74) is 7.74. The SMILES string of the molecule is Nc1cc(Br)cnc1N(CCO)Cc1ccccc1. The molecule has 3 N–H and O–H groups in total. The molecule has 1 heterocycles. The zero-order valence-corrected chi connectivity index (χ0v) is 12.0. The highest BCUT2D eigenvalue weighted by molar-refractivity contribution is 9.10. The largest absolute Gasteiger partial charge is 0.396 e. The fraction of sp³-hybridized carbons (Fsp3) is 0.214. The molecule has 0 amide bonds. The summed E-state index contributed by atoms with van der Waals surface area (Å²) in [6.07, 6.45) is 1.71. The van der Waals surface area contributed by atoms with Gasteiger partial charge in [-0.2, -0.15) is 0 Å². The first kappa shape index (κ1) is 13.8. The molecule has 2 aromatic rings. The number of nitrogens with two attached hydrogens (primary N) is 1. The zero-order valence-electron chi connectivity index (χ0n) is 10.5. The van der Waals surface area contributed by atoms with Crippen molar-refractivity contribution in [1.29, 1.82) is 0 Å². The molecule has 100 valence electrons. The second kappa shape index (κ2) is 6.54. The average molecular weight is 322 g/mol. The van der Waals surface area contributed by atoms with Gasteiger partial charge in [0, 0.05) is 23.8 Å². The molecule has 0 aliphatic carbocycles. The lowest BCUT2D eigenvalue weighted by molar-refractivity contribution is 0.301. The molecule has 0 fully saturated rings. The van der Waals surface area contributed by atoms with Crippen LogP contribution in [0.3, 0.4) is 0 Å². The van der Waals surface area contributed by atoms with Gasteiger partial charge in [-0.25, -0.2) is 4.98 Å². The number of aliphatic hydroxyl groups is 1. The molecule has 0 aliphatic heterocycles. The Kier molecular flexibility index (Phi) is 4.76. The minimum atomic E-state index is 0.0595. The average Bonchev–Trinajstić information content (AvgIpc) is 2.39. The maximum Gasteiger partial charge on any atom is 0.152 e. The smallest absolute Gasteiger partial charge is 0.152 e. The van der Waals surface area contributed by atoms with Crippen molar-refractivity contribution in [2.45, 2.75) is 6.54 Å². The van der Waals surface area contributed by atoms with Crippen LogP contribution in [-0.2, 0) is 6.54 Å². The number of halogens is 1. The van der Waals surface area contributed by atoms with E-state index < -0.39 is 0 Å². The molecule has 0 aliphatic rings. The first-order chi connectivity index (χ1) is 9.20. The Hall–Kier alpha value is -1.59. The molecule has 0 saturated heterocycles. The van der Waals surface area contributed by atoms with Crippen molar-refractivity contribution >= 4 is 27.4 Å². The number of hydrogen-bond donors (Lipinski definition) is 2. The first-order valence-corrected chi connectivity index (χ1v) is 6.81. The lowest BCUT2D eigenvalue weighted by atomic mass is 10.2. The van der Waals surface area contributed by atoms with E-state index in [1.807, 2.05) is 41.3 Å². The van der Waals surface area contributed by atoms with E-state index in [1.165, 1.54) is 0 Å². The summed E-state index contributed by atoms with van der Waals surface area (Å²) in [7, 11) is 0. The Labute approximate surface area is 121 Å². The van der Waals surface area contributed by atoms with Gasteiger partial charge in [-0.05, 0) is 27.6 Å². The molecule has 0 atom stereocenters. The van der Waals surface area contributed by atoms with Gasteiger partial charge in [0.05, 0.1) is 12.3 Å². The minimum absolute atomic E-state index is 0.0595. The van der Waals surface area contributed by atoms with E-state index >= 15 is 0 Å². The molecule has 0 saturated carbocycles. The van der Waals surface area contributed by atoms with Crippen LogP contribution in [-0.4, -0.2) is 23.2 Å². The highest BCUT2D eigenvalue weighted by Crippen LogP contribution is 2.24. The fourth-order valence-corrected chi connectivity index (χ4v) is 2.25. The zero-order chi connectivity index (χ0) is 13.7. The molecule has 19 heavy (non-hydrogen) atoms. The van der Waals surface area contributed by atoms with Gasteiger partial charge in [-0.1, -0.05) is 30.3 Å². The van der Waals surface area contributed by atoms with Crippen LogP contribution >= 0.6 is 15.9 Å². The lowest BCUT2D eigenvalue weighted by Crippen LogP contribution is -2.27. The van der Waals surface area contributed by atoms with Crippen LogP contribution < -0.4 is 10.6 Å². The Morgan fingerprint density at radius 1 is 1.26 bits per heavy atom. The molecule has 0 bridgehead atoms. The van der Waals surface area contributed by atoms with Gasteiger partial charge in [-0.15, -0.1) is 0 Å². The molecular weight excluding hydrogens is 306 g/mol. The van der Waals surface area contributed by atoms with Gasteiger partial charge < -0.3 is 15.7 Å². The van der Waals surface area contributed by atoms with Gasteiger partial charge >= 0.3 is 0 Å². The van der Waals surface area contributed by atoms with E-state index in [-0.39, 0.29) is 6.61 Å². The van der Waals surface area contributed by atoms with Gasteiger partial charge in [-0.3, -0.25) is 0 Å². The maximum atomic E-state index is 9.20. The Balaban J connectivity index is 2.24. The van der Waals surface area contributed by atoms with Crippen molar-refractivity contribution < 1.29 is 5.11 Å². The highest BCUT2D eigenvalue weighted by atomic mass is 79.9. The van der Waals surface area contributed by atoms with Crippen molar-refractivity contribution in [3.05, 3.63) is 52.6 Å². The van der Waals surface area contributed by atoms with E-state index in [9.17, 15) is 5.11 Å². The summed E-state index contributed by atoms with van der Waals surface area (Å²) in [5, 5.41) is 9.20. The van der Waals surface area contributed by atoms with Crippen LogP contribution in [0.25, 0.3) is 0 Å². The van der Waals surface area contributed by atoms with Crippen molar-refractivity contribution in [3.8, 4) is 0 Å². The molecule has 0 spiro atoms. The fourth-order valence-electron chi connectivity index (χ4n) is 1.90. The third-order valence-electron chi connectivity index (χ3n) is 2.75. The highest BCUT2D eigenvalue weighted by Gasteiger charge is 2.12. The van der Waals surface area contributed by atoms with E-state index in [0.717, 1.165) is 10.0 Å². The van der Waals surface area contributed by atoms with E-state index in [2.05, 4.69) is 20.9 Å². The molecule has 0 radical (unpaired) electrons. The number of pyridine rings is 1. The normalized spacial score (nSPS) is 10.4. The van der Waals surface area contributed by atoms with Crippen molar-refractivity contribution in [2.75, 3.05) is 23.8 Å². The van der Waals surface area contributed by atoms with Crippen LogP contribution in [0, 0.1) is 0 Å². The van der Waals surface area contributed by atoms with Crippen molar-refractivity contribution in [2.24, 2.45) is 0 Å². The Morgan fingerprint density at radius 3 is 2.63 bits per heavy atom. The summed E-state index contributed by atoms with van der Waals surface area (Å²) >= 11 is 3.34. The number of nitrogen functional groups attached to an aromatic ring is 1. The summed E-state index contributed by atoms with van der Waals surface area (Å²) in [6.45, 7) is 1.22. The molecule has 4 nitrogen and oxygen atoms in total. The summed E-state index contributed by atoms with van der Waals surface area (Å²) in [4.78, 5) is 6.31. The first-order valence-electron chi connectivity index (χ1n) is 6.01. The van der Waals surface area contributed by atoms with Gasteiger partial charge in [0.2, 0.25) is 0 Å². The predicted molar refractivity (Wildman–Crippen MR) is 80.9 cm³/mol. The van der Waals surface area contributed by atoms with E-state index in [4.69, 9.17) is 5.73 Å². The number of aliphatic hydroxyl groups excluding tert-OH is 1. The third-order valence-corrected chi connectivity index (χ3v) is 3.18.